The molecule has 12 unspecified atom stereocenters. The van der Waals surface area contributed by atoms with E-state index >= 15 is 0 Å². The summed E-state index contributed by atoms with van der Waals surface area (Å²) in [5.41, 5.74) is 0. The summed E-state index contributed by atoms with van der Waals surface area (Å²) in [5, 5.41) is 87.2. The van der Waals surface area contributed by atoms with E-state index in [2.05, 4.69) is 55.6 Å². The van der Waals surface area contributed by atoms with Gasteiger partial charge in [-0.15, -0.1) is 0 Å². The summed E-state index contributed by atoms with van der Waals surface area (Å²) in [5.74, 6) is -0.248. The fraction of sp³-hybridized carbons (Fsp3) is 0.859. The summed E-state index contributed by atoms with van der Waals surface area (Å²) >= 11 is 0. The van der Waals surface area contributed by atoms with Crippen LogP contribution in [0.25, 0.3) is 0 Å². The first-order valence-corrected chi connectivity index (χ1v) is 31.9. The lowest BCUT2D eigenvalue weighted by Gasteiger charge is -2.46. The SMILES string of the molecule is CC/C=C\C/C=C\C/C=C\CCCCCCCCCC(=O)NC(COC1OC(CO)C(OC2OC(CO)C(O)C(O)C2O)C(O)C1O)C(O)/C=C/CCCCCCCCCCCCCCCCCCCCCCCCCCC. The minimum absolute atomic E-state index is 0.248. The van der Waals surface area contributed by atoms with Crippen LogP contribution in [0.5, 0.6) is 0 Å². The molecule has 0 aliphatic carbocycles. The largest absolute Gasteiger partial charge is 0.394 e. The molecular formula is C64H117NO13. The number of allylic oxidation sites excluding steroid dienone is 7. The van der Waals surface area contributed by atoms with E-state index in [1.807, 2.05) is 6.08 Å². The molecule has 9 N–H and O–H groups in total. The number of ether oxygens (including phenoxy) is 4. The third-order valence-electron chi connectivity index (χ3n) is 15.5. The van der Waals surface area contributed by atoms with Crippen LogP contribution in [0.2, 0.25) is 0 Å². The van der Waals surface area contributed by atoms with Crippen molar-refractivity contribution in [1.82, 2.24) is 5.32 Å². The summed E-state index contributed by atoms with van der Waals surface area (Å²) in [4.78, 5) is 13.3. The fourth-order valence-electron chi connectivity index (χ4n) is 10.4. The molecule has 1 amide bonds. The summed E-state index contributed by atoms with van der Waals surface area (Å²) in [6.07, 6.45) is 45.9. The molecule has 2 aliphatic rings. The molecular weight excluding hydrogens is 991 g/mol. The van der Waals surface area contributed by atoms with Crippen LogP contribution in [0.1, 0.15) is 258 Å². The number of hydrogen-bond acceptors (Lipinski definition) is 13. The molecule has 0 aromatic heterocycles. The number of carbonyl (C=O) groups excluding carboxylic acids is 1. The van der Waals surface area contributed by atoms with Gasteiger partial charge in [0.05, 0.1) is 32.0 Å². The predicted octanol–water partition coefficient (Wildman–Crippen LogP) is 11.6. The van der Waals surface area contributed by atoms with Crippen LogP contribution in [0, 0.1) is 0 Å². The molecule has 0 radical (unpaired) electrons. The first-order valence-electron chi connectivity index (χ1n) is 31.9. The van der Waals surface area contributed by atoms with E-state index in [0.29, 0.717) is 6.42 Å². The minimum Gasteiger partial charge on any atom is -0.394 e. The van der Waals surface area contributed by atoms with Crippen LogP contribution in [-0.2, 0) is 23.7 Å². The number of amides is 1. The zero-order valence-corrected chi connectivity index (χ0v) is 49.2. The van der Waals surface area contributed by atoms with Crippen LogP contribution >= 0.6 is 0 Å². The number of rotatable bonds is 51. The number of aliphatic hydroxyl groups excluding tert-OH is 8. The molecule has 14 heteroatoms. The number of hydrogen-bond donors (Lipinski definition) is 9. The van der Waals surface area contributed by atoms with Crippen molar-refractivity contribution in [3.63, 3.8) is 0 Å². The number of nitrogens with one attached hydrogen (secondary N) is 1. The van der Waals surface area contributed by atoms with E-state index in [1.54, 1.807) is 6.08 Å². The molecule has 456 valence electrons. The average Bonchev–Trinajstić information content (AvgIpc) is 3.48. The second kappa shape index (κ2) is 49.5. The summed E-state index contributed by atoms with van der Waals surface area (Å²) in [6.45, 7) is 2.70. The van der Waals surface area contributed by atoms with E-state index in [1.165, 1.54) is 161 Å². The average molecular weight is 1110 g/mol. The first kappa shape index (κ1) is 72.1. The molecule has 2 fully saturated rings. The second-order valence-corrected chi connectivity index (χ2v) is 22.5. The molecule has 0 saturated carbocycles. The maximum Gasteiger partial charge on any atom is 0.220 e. The Hall–Kier alpha value is -2.05. The Balaban J connectivity index is 1.72. The highest BCUT2D eigenvalue weighted by Crippen LogP contribution is 2.30. The fourth-order valence-corrected chi connectivity index (χ4v) is 10.4. The van der Waals surface area contributed by atoms with Crippen molar-refractivity contribution < 1.29 is 64.6 Å². The highest BCUT2D eigenvalue weighted by atomic mass is 16.7. The van der Waals surface area contributed by atoms with E-state index in [-0.39, 0.29) is 18.9 Å². The van der Waals surface area contributed by atoms with Crippen molar-refractivity contribution in [2.24, 2.45) is 0 Å². The quantitative estimate of drug-likeness (QED) is 0.0204. The second-order valence-electron chi connectivity index (χ2n) is 22.5. The molecule has 0 bridgehead atoms. The summed E-state index contributed by atoms with van der Waals surface area (Å²) < 4.78 is 22.8. The van der Waals surface area contributed by atoms with Gasteiger partial charge in [0.25, 0.3) is 0 Å². The van der Waals surface area contributed by atoms with Gasteiger partial charge in [-0.2, -0.15) is 0 Å². The molecule has 14 nitrogen and oxygen atoms in total. The molecule has 78 heavy (non-hydrogen) atoms. The lowest BCUT2D eigenvalue weighted by atomic mass is 9.97. The lowest BCUT2D eigenvalue weighted by molar-refractivity contribution is -0.359. The zero-order valence-electron chi connectivity index (χ0n) is 49.2. The number of aliphatic hydroxyl groups is 8. The standard InChI is InChI=1S/C64H117NO13/c1-3-5-7-9-11-13-15-17-19-21-22-23-24-25-26-27-28-29-30-32-33-35-37-39-41-43-45-47-53(68)52(65-56(69)48-46-44-42-40-38-36-34-31-20-18-16-14-12-10-8-6-4-2)51-75-63-61(74)59(72)62(55(50-67)77-63)78-64-60(73)58(71)57(70)54(49-66)76-64/h6,8,12,14,18,20,45,47,52-55,57-64,66-68,70-74H,3-5,7,9-11,13,15-17,19,21-44,46,48-51H2,1-2H3,(H,65,69)/b8-6-,14-12-,20-18-,47-45+. The van der Waals surface area contributed by atoms with Crippen molar-refractivity contribution in [1.29, 1.82) is 0 Å². The Bertz CT molecular complexity index is 1490. The van der Waals surface area contributed by atoms with E-state index in [4.69, 9.17) is 18.9 Å². The molecule has 2 rings (SSSR count). The molecule has 0 spiro atoms. The maximum absolute atomic E-state index is 13.3. The van der Waals surface area contributed by atoms with E-state index < -0.39 is 86.8 Å². The minimum atomic E-state index is -1.79. The summed E-state index contributed by atoms with van der Waals surface area (Å²) in [7, 11) is 0. The first-order chi connectivity index (χ1) is 38.1. The van der Waals surface area contributed by atoms with Gasteiger partial charge >= 0.3 is 0 Å². The highest BCUT2D eigenvalue weighted by Gasteiger charge is 2.51. The maximum atomic E-state index is 13.3. The number of carbonyl (C=O) groups is 1. The van der Waals surface area contributed by atoms with Crippen molar-refractivity contribution in [3.8, 4) is 0 Å². The van der Waals surface area contributed by atoms with Crippen LogP contribution in [0.15, 0.2) is 48.6 Å². The molecule has 2 heterocycles. The molecule has 0 aromatic carbocycles. The topological polar surface area (TPSA) is 228 Å². The zero-order chi connectivity index (χ0) is 56.7. The van der Waals surface area contributed by atoms with Gasteiger partial charge in [-0.25, -0.2) is 0 Å². The summed E-state index contributed by atoms with van der Waals surface area (Å²) in [6, 6.07) is -0.922. The third-order valence-corrected chi connectivity index (χ3v) is 15.5. The monoisotopic (exact) mass is 1110 g/mol. The Morgan fingerprint density at radius 3 is 1.36 bits per heavy atom. The van der Waals surface area contributed by atoms with Crippen molar-refractivity contribution in [2.45, 2.75) is 331 Å². The van der Waals surface area contributed by atoms with Crippen molar-refractivity contribution >= 4 is 5.91 Å². The van der Waals surface area contributed by atoms with Crippen LogP contribution in [0.3, 0.4) is 0 Å². The Morgan fingerprint density at radius 2 is 0.885 bits per heavy atom. The van der Waals surface area contributed by atoms with Crippen LogP contribution < -0.4 is 5.32 Å². The van der Waals surface area contributed by atoms with Crippen molar-refractivity contribution in [2.75, 3.05) is 19.8 Å². The Kier molecular flexibility index (Phi) is 45.8. The molecule has 2 saturated heterocycles. The molecule has 0 aromatic rings. The van der Waals surface area contributed by atoms with Crippen LogP contribution in [0.4, 0.5) is 0 Å². The van der Waals surface area contributed by atoms with Gasteiger partial charge in [-0.05, 0) is 51.4 Å². The normalized spacial score (nSPS) is 24.8. The van der Waals surface area contributed by atoms with Gasteiger partial charge in [0.15, 0.2) is 12.6 Å². The smallest absolute Gasteiger partial charge is 0.220 e. The van der Waals surface area contributed by atoms with Gasteiger partial charge in [0.2, 0.25) is 5.91 Å². The van der Waals surface area contributed by atoms with Crippen LogP contribution in [-0.4, -0.2) is 140 Å². The lowest BCUT2D eigenvalue weighted by Crippen LogP contribution is -2.65. The molecule has 2 aliphatic heterocycles. The van der Waals surface area contributed by atoms with Gasteiger partial charge in [0, 0.05) is 6.42 Å². The Labute approximate surface area is 473 Å². The number of unbranched alkanes of at least 4 members (excludes halogenated alkanes) is 32. The van der Waals surface area contributed by atoms with E-state index in [9.17, 15) is 45.6 Å². The van der Waals surface area contributed by atoms with Gasteiger partial charge < -0.3 is 65.1 Å². The molecule has 12 atom stereocenters. The van der Waals surface area contributed by atoms with Gasteiger partial charge in [0.1, 0.15) is 48.8 Å². The van der Waals surface area contributed by atoms with Crippen molar-refractivity contribution in [3.05, 3.63) is 48.6 Å². The Morgan fingerprint density at radius 1 is 0.474 bits per heavy atom. The van der Waals surface area contributed by atoms with Gasteiger partial charge in [-0.1, -0.05) is 249 Å². The third kappa shape index (κ3) is 34.4. The predicted molar refractivity (Wildman–Crippen MR) is 314 cm³/mol. The van der Waals surface area contributed by atoms with E-state index in [0.717, 1.165) is 70.6 Å². The highest BCUT2D eigenvalue weighted by molar-refractivity contribution is 5.76. The van der Waals surface area contributed by atoms with Gasteiger partial charge in [-0.3, -0.25) is 4.79 Å².